The molecule has 7 heterocycles. The van der Waals surface area contributed by atoms with Crippen LogP contribution in [0, 0.1) is 72.2 Å². The molecule has 0 aliphatic carbocycles. The highest BCUT2D eigenvalue weighted by Gasteiger charge is 2.40. The SMILES string of the molecule is CC1(C)CCN(CCCNC(=O)N2CCOCC2c2ccc(F)c(F)c2)CC1.C[N+](=O)[O-].Fc1ccc(C2COCCN2)cc1F.NCCCN1CCC(c2ccccc2)(c2ccccc2)CC1.O=C(NCCCN1CCC(c2ccccc2)(c2ccccc2)CC1)Oc1ccc([N+](=O)[O-])cc1.O=C1COCC(c2ccc(F)c(F)c2)N1.O=C1COCC(c2ccc(F)c(F)c2)N1. The first-order valence-electron chi connectivity index (χ1n) is 44.5. The summed E-state index contributed by atoms with van der Waals surface area (Å²) in [6.45, 7) is 19.7. The first kappa shape index (κ1) is 102. The number of piperidine rings is 3. The lowest BCUT2D eigenvalue weighted by molar-refractivity contribution is -0.445. The molecule has 4 atom stereocenters. The second kappa shape index (κ2) is 52.0. The molecule has 4 unspecified atom stereocenters. The van der Waals surface area contributed by atoms with Gasteiger partial charge in [0.2, 0.25) is 11.8 Å². The molecule has 0 saturated carbocycles. The smallest absolute Gasteiger partial charge is 0.410 e. The number of hydrogen-bond acceptors (Lipinski definition) is 18. The van der Waals surface area contributed by atoms with E-state index in [-0.39, 0.29) is 79.2 Å². The summed E-state index contributed by atoms with van der Waals surface area (Å²) in [7, 11) is 0.889. The third-order valence-corrected chi connectivity index (χ3v) is 24.1. The number of ether oxygens (including phenoxy) is 5. The van der Waals surface area contributed by atoms with Gasteiger partial charge in [0.1, 0.15) is 19.0 Å². The highest BCUT2D eigenvalue weighted by molar-refractivity contribution is 5.79. The van der Waals surface area contributed by atoms with Crippen LogP contribution in [0.25, 0.3) is 0 Å². The van der Waals surface area contributed by atoms with Crippen molar-refractivity contribution in [1.29, 1.82) is 0 Å². The van der Waals surface area contributed by atoms with Crippen LogP contribution in [0.4, 0.5) is 50.4 Å². The molecule has 5 amide bonds. The lowest BCUT2D eigenvalue weighted by Crippen LogP contribution is -2.48. The Morgan fingerprint density at radius 2 is 0.818 bits per heavy atom. The topological polar surface area (TPSA) is 300 Å². The van der Waals surface area contributed by atoms with Gasteiger partial charge < -0.3 is 75.6 Å². The van der Waals surface area contributed by atoms with Crippen LogP contribution in [-0.2, 0) is 39.4 Å². The number of likely N-dealkylation sites (tertiary alicyclic amines) is 3. The predicted molar refractivity (Wildman–Crippen MR) is 485 cm³/mol. The molecule has 9 aromatic rings. The lowest BCUT2D eigenvalue weighted by atomic mass is 9.68. The van der Waals surface area contributed by atoms with Crippen LogP contribution in [0.1, 0.15) is 140 Å². The summed E-state index contributed by atoms with van der Waals surface area (Å²) in [5.74, 6) is -7.31. The lowest BCUT2D eigenvalue weighted by Gasteiger charge is -2.43. The number of carbonyl (C=O) groups is 4. The second-order valence-electron chi connectivity index (χ2n) is 33.7. The molecule has 7 aliphatic heterocycles. The van der Waals surface area contributed by atoms with Gasteiger partial charge in [0.05, 0.1) is 68.7 Å². The van der Waals surface area contributed by atoms with Gasteiger partial charge in [-0.1, -0.05) is 159 Å². The Morgan fingerprint density at radius 3 is 1.20 bits per heavy atom. The summed E-state index contributed by atoms with van der Waals surface area (Å²) < 4.78 is 129. The Kier molecular flexibility index (Phi) is 40.3. The monoisotopic (exact) mass is 1830 g/mol. The third-order valence-electron chi connectivity index (χ3n) is 24.1. The fraction of sp³-hybridized carbons (Fsp3) is 0.414. The van der Waals surface area contributed by atoms with E-state index in [4.69, 9.17) is 39.5 Å². The number of nitro benzene ring substituents is 1. The summed E-state index contributed by atoms with van der Waals surface area (Å²) >= 11 is 0. The van der Waals surface area contributed by atoms with Gasteiger partial charge in [0, 0.05) is 54.1 Å². The predicted octanol–water partition coefficient (Wildman–Crippen LogP) is 16.0. The summed E-state index contributed by atoms with van der Waals surface area (Å²) in [4.78, 5) is 74.3. The second-order valence-corrected chi connectivity index (χ2v) is 33.7. The highest BCUT2D eigenvalue weighted by Crippen LogP contribution is 2.44. The van der Waals surface area contributed by atoms with Crippen molar-refractivity contribution in [2.24, 2.45) is 11.1 Å². The number of morpholine rings is 4. The highest BCUT2D eigenvalue weighted by atomic mass is 19.2. The Morgan fingerprint density at radius 1 is 0.455 bits per heavy atom. The normalized spacial score (nSPS) is 19.2. The van der Waals surface area contributed by atoms with E-state index in [1.165, 1.54) is 96.5 Å². The summed E-state index contributed by atoms with van der Waals surface area (Å²) in [5.41, 5.74) is 14.2. The van der Waals surface area contributed by atoms with Crippen molar-refractivity contribution in [2.45, 2.75) is 107 Å². The number of urea groups is 1. The van der Waals surface area contributed by atoms with Gasteiger partial charge in [-0.25, -0.2) is 44.7 Å². The van der Waals surface area contributed by atoms with Crippen molar-refractivity contribution in [2.75, 3.05) is 152 Å². The molecule has 7 aliphatic rings. The molecule has 0 bridgehead atoms. The maximum atomic E-state index is 13.6. The van der Waals surface area contributed by atoms with E-state index < -0.39 is 80.6 Å². The number of carbonyl (C=O) groups excluding carboxylic acids is 4. The average molecular weight is 1840 g/mol. The number of nitro groups is 2. The van der Waals surface area contributed by atoms with Gasteiger partial charge in [-0.3, -0.25) is 29.8 Å². The number of nitrogens with two attached hydrogens (primary N) is 1. The molecule has 7 N–H and O–H groups in total. The van der Waals surface area contributed by atoms with Crippen LogP contribution in [0.2, 0.25) is 0 Å². The van der Waals surface area contributed by atoms with Crippen molar-refractivity contribution in [3.8, 4) is 5.75 Å². The maximum absolute atomic E-state index is 13.6. The van der Waals surface area contributed by atoms with E-state index >= 15 is 0 Å². The standard InChI is InChI=1S/C27H29N3O4.C21H31F2N3O2.C20H26N2.2C10H9F2NO2.C10H11F2NO.CH3NO2/c31-26(34-25-14-12-24(13-15-25)30(32)33)28-18-7-19-29-20-16-27(17-21-29,22-8-3-1-4-9-22)23-10-5-2-6-11-23;1-21(2)6-10-25(11-7-21)9-3-8-24-20(27)26-12-13-28-15-19(26)16-4-5-17(22)18(23)14-16;21-14-7-15-22-16-12-20(13-17-22,18-8-3-1-4-9-18)19-10-5-2-6-11-19;2*11-7-2-1-6(3-8(7)12)9-4-15-5-10(14)13-9;11-8-2-1-7(5-9(8)12)10-6-14-4-3-13-10;1-2(3)4/h1-6,8-15H,7,16-21H2,(H,28,31);4-5,14,19H,3,6-13,15H2,1-2H3,(H,24,27);1-6,8-11H,7,12-17,21H2;2*1-3,9H,4-5H2,(H,13,14);1-2,5,10,13H,3-4,6H2;1H3. The van der Waals surface area contributed by atoms with E-state index in [2.05, 4.69) is 176 Å². The number of benzene rings is 9. The quantitative estimate of drug-likeness (QED) is 0.0169. The Labute approximate surface area is 764 Å². The van der Waals surface area contributed by atoms with Gasteiger partial charge in [-0.15, -0.1) is 0 Å². The zero-order valence-corrected chi connectivity index (χ0v) is 74.6. The Balaban J connectivity index is 0.000000168. The van der Waals surface area contributed by atoms with Gasteiger partial charge in [0.15, 0.2) is 53.6 Å². The summed E-state index contributed by atoms with van der Waals surface area (Å²) in [6.07, 6.45) is 9.16. The number of halogens is 8. The fourth-order valence-corrected chi connectivity index (χ4v) is 16.7. The number of rotatable bonds is 21. The number of nitrogens with one attached hydrogen (secondary N) is 5. The first-order chi connectivity index (χ1) is 63.6. The minimum atomic E-state index is -0.924. The summed E-state index contributed by atoms with van der Waals surface area (Å²) in [5, 5.41) is 33.7. The number of nitrogens with zero attached hydrogens (tertiary/aromatic N) is 6. The molecular weight excluding hydrogens is 1720 g/mol. The van der Waals surface area contributed by atoms with Gasteiger partial charge in [-0.05, 0) is 234 Å². The van der Waals surface area contributed by atoms with E-state index in [1.54, 1.807) is 11.0 Å². The summed E-state index contributed by atoms with van der Waals surface area (Å²) in [6, 6.07) is 62.4. The molecule has 0 spiro atoms. The van der Waals surface area contributed by atoms with Crippen LogP contribution >= 0.6 is 0 Å². The van der Waals surface area contributed by atoms with Crippen LogP contribution in [0.3, 0.4) is 0 Å². The molecule has 33 heteroatoms. The van der Waals surface area contributed by atoms with Crippen molar-refractivity contribution < 1.29 is 87.8 Å². The average Bonchev–Trinajstić information content (AvgIpc) is 0.770. The fourth-order valence-electron chi connectivity index (χ4n) is 16.7. The largest absolute Gasteiger partial charge is 0.412 e. The molecule has 0 radical (unpaired) electrons. The third kappa shape index (κ3) is 31.5. The van der Waals surface area contributed by atoms with Crippen LogP contribution < -0.4 is 37.1 Å². The minimum absolute atomic E-state index is 0.0141. The maximum Gasteiger partial charge on any atom is 0.412 e. The molecule has 132 heavy (non-hydrogen) atoms. The number of non-ortho nitro benzene ring substituents is 1. The van der Waals surface area contributed by atoms with E-state index in [0.717, 1.165) is 159 Å². The molecule has 7 fully saturated rings. The van der Waals surface area contributed by atoms with Crippen molar-refractivity contribution >= 4 is 29.6 Å². The van der Waals surface area contributed by atoms with Crippen molar-refractivity contribution in [1.82, 2.24) is 46.2 Å². The van der Waals surface area contributed by atoms with Crippen LogP contribution in [0.5, 0.6) is 5.75 Å². The molecule has 9 aromatic carbocycles. The van der Waals surface area contributed by atoms with Gasteiger partial charge in [-0.2, -0.15) is 0 Å². The zero-order valence-electron chi connectivity index (χ0n) is 74.6. The van der Waals surface area contributed by atoms with Gasteiger partial charge >= 0.3 is 12.1 Å². The molecule has 7 saturated heterocycles. The molecule has 25 nitrogen and oxygen atoms in total. The molecule has 16 rings (SSSR count). The van der Waals surface area contributed by atoms with E-state index in [9.17, 15) is 64.4 Å². The van der Waals surface area contributed by atoms with Gasteiger partial charge in [0.25, 0.3) is 5.69 Å². The van der Waals surface area contributed by atoms with E-state index in [1.807, 2.05) is 0 Å². The molecule has 0 aromatic heterocycles. The van der Waals surface area contributed by atoms with Crippen molar-refractivity contribution in [3.05, 3.63) is 330 Å². The van der Waals surface area contributed by atoms with E-state index in [0.29, 0.717) is 61.6 Å². The molecule has 708 valence electrons. The van der Waals surface area contributed by atoms with Crippen LogP contribution in [-0.4, -0.2) is 205 Å². The minimum Gasteiger partial charge on any atom is -0.410 e. The zero-order chi connectivity index (χ0) is 94.4. The van der Waals surface area contributed by atoms with Crippen LogP contribution in [0.15, 0.2) is 218 Å². The Bertz CT molecular complexity index is 4940. The number of hydrogen-bond donors (Lipinski definition) is 6. The van der Waals surface area contributed by atoms with Crippen molar-refractivity contribution in [3.63, 3.8) is 0 Å². The molecular formula is C99H118F8N12O13. The number of amides is 5. The Hall–Kier alpha value is -11.7. The first-order valence-corrected chi connectivity index (χ1v) is 44.5.